The zero-order valence-electron chi connectivity index (χ0n) is 36.9. The molecule has 0 spiro atoms. The number of nitro benzene ring substituents is 1. The van der Waals surface area contributed by atoms with Crippen LogP contribution >= 0.6 is 11.6 Å². The summed E-state index contributed by atoms with van der Waals surface area (Å²) in [5.74, 6) is -0.874. The van der Waals surface area contributed by atoms with E-state index in [9.17, 15) is 23.3 Å². The Balaban J connectivity index is 0.935. The molecule has 3 N–H and O–H groups in total. The van der Waals surface area contributed by atoms with Crippen LogP contribution in [0.25, 0.3) is 16.6 Å². The van der Waals surface area contributed by atoms with Crippen LogP contribution < -0.4 is 19.8 Å². The summed E-state index contributed by atoms with van der Waals surface area (Å²) in [5.41, 5.74) is 7.78. The van der Waals surface area contributed by atoms with Crippen molar-refractivity contribution in [2.45, 2.75) is 62.7 Å². The van der Waals surface area contributed by atoms with Gasteiger partial charge in [0.1, 0.15) is 17.4 Å². The number of carbonyl (C=O) groups is 1. The van der Waals surface area contributed by atoms with Gasteiger partial charge in [0, 0.05) is 74.2 Å². The number of fused-ring (bicyclic) bond motifs is 4. The summed E-state index contributed by atoms with van der Waals surface area (Å²) in [4.78, 5) is 40.7. The fraction of sp³-hybridized carbons (Fsp3) is 0.417. The minimum atomic E-state index is -4.60. The number of anilines is 4. The van der Waals surface area contributed by atoms with Crippen molar-refractivity contribution < 1.29 is 32.3 Å². The van der Waals surface area contributed by atoms with Crippen LogP contribution in [0.3, 0.4) is 0 Å². The predicted octanol–water partition coefficient (Wildman–Crippen LogP) is 7.84. The first kappa shape index (κ1) is 44.3. The monoisotopic (exact) mass is 936 g/mol. The SMILES string of the molecule is CC1(C)CCC(CN2CCN(c3ccc(C(=O)NS(=O)(=O)c4ccc(NC[C@H]5COCCO5)c([N+](=O)[O-])c4)c(N4c5cc6cc[nH]c6nc5C5OCCC54)c3)CC2)=C(c2ccc(Cl)cc2)C1. The molecule has 5 aromatic rings. The molecule has 2 unspecified atom stereocenters. The summed E-state index contributed by atoms with van der Waals surface area (Å²) < 4.78 is 47.6. The van der Waals surface area contributed by atoms with Gasteiger partial charge in [-0.25, -0.2) is 18.1 Å². The van der Waals surface area contributed by atoms with E-state index in [1.54, 1.807) is 6.07 Å². The van der Waals surface area contributed by atoms with Gasteiger partial charge in [0.15, 0.2) is 0 Å². The lowest BCUT2D eigenvalue weighted by Crippen LogP contribution is -2.47. The Labute approximate surface area is 388 Å². The first-order valence-corrected chi connectivity index (χ1v) is 24.4. The number of nitrogens with one attached hydrogen (secondary N) is 3. The largest absolute Gasteiger partial charge is 0.377 e. The van der Waals surface area contributed by atoms with Gasteiger partial charge < -0.3 is 34.3 Å². The zero-order chi connectivity index (χ0) is 45.7. The Morgan fingerprint density at radius 1 is 0.985 bits per heavy atom. The van der Waals surface area contributed by atoms with Gasteiger partial charge in [0.2, 0.25) is 0 Å². The average molecular weight is 938 g/mol. The third-order valence-electron chi connectivity index (χ3n) is 13.6. The molecule has 16 nitrogen and oxygen atoms in total. The molecule has 4 aliphatic heterocycles. The molecule has 66 heavy (non-hydrogen) atoms. The lowest BCUT2D eigenvalue weighted by Gasteiger charge is -2.39. The van der Waals surface area contributed by atoms with E-state index in [4.69, 9.17) is 30.8 Å². The molecule has 5 aliphatic rings. The number of ether oxygens (including phenoxy) is 3. The number of allylic oxidation sites excluding steroid dienone is 1. The van der Waals surface area contributed by atoms with Crippen LogP contribution in [0.1, 0.15) is 67.3 Å². The van der Waals surface area contributed by atoms with Gasteiger partial charge in [0.05, 0.1) is 64.4 Å². The van der Waals surface area contributed by atoms with Crippen molar-refractivity contribution in [3.63, 3.8) is 0 Å². The third-order valence-corrected chi connectivity index (χ3v) is 15.2. The van der Waals surface area contributed by atoms with Crippen molar-refractivity contribution in [1.82, 2.24) is 19.6 Å². The second-order valence-electron chi connectivity index (χ2n) is 18.5. The number of amides is 1. The molecular formula is C48H53ClN8O8S. The van der Waals surface area contributed by atoms with Crippen LogP contribution in [0.15, 0.2) is 89.5 Å². The third kappa shape index (κ3) is 8.87. The second-order valence-corrected chi connectivity index (χ2v) is 20.7. The summed E-state index contributed by atoms with van der Waals surface area (Å²) in [5, 5.41) is 16.8. The number of nitro groups is 1. The van der Waals surface area contributed by atoms with E-state index in [1.165, 1.54) is 28.8 Å². The highest BCUT2D eigenvalue weighted by Crippen LogP contribution is 2.51. The van der Waals surface area contributed by atoms with Crippen LogP contribution in [0.4, 0.5) is 28.4 Å². The molecule has 3 aromatic carbocycles. The summed E-state index contributed by atoms with van der Waals surface area (Å²) in [7, 11) is -4.60. The van der Waals surface area contributed by atoms with Gasteiger partial charge in [-0.05, 0) is 96.8 Å². The van der Waals surface area contributed by atoms with Gasteiger partial charge >= 0.3 is 0 Å². The van der Waals surface area contributed by atoms with Crippen molar-refractivity contribution in [2.75, 3.05) is 80.8 Å². The number of sulfonamides is 1. The molecule has 10 rings (SSSR count). The van der Waals surface area contributed by atoms with Crippen LogP contribution in [0.5, 0.6) is 0 Å². The Morgan fingerprint density at radius 2 is 1.80 bits per heavy atom. The van der Waals surface area contributed by atoms with Gasteiger partial charge in [0.25, 0.3) is 21.6 Å². The van der Waals surface area contributed by atoms with Gasteiger partial charge in [-0.1, -0.05) is 43.2 Å². The average Bonchev–Trinajstić information content (AvgIpc) is 4.05. The fourth-order valence-electron chi connectivity index (χ4n) is 10.1. The summed E-state index contributed by atoms with van der Waals surface area (Å²) in [6.07, 6.45) is 5.00. The van der Waals surface area contributed by atoms with Crippen LogP contribution in [0, 0.1) is 15.5 Å². The zero-order valence-corrected chi connectivity index (χ0v) is 38.5. The number of halogens is 1. The number of piperazine rings is 1. The van der Waals surface area contributed by atoms with Gasteiger partial charge in [-0.3, -0.25) is 19.8 Å². The molecule has 0 saturated carbocycles. The van der Waals surface area contributed by atoms with E-state index in [2.05, 4.69) is 55.7 Å². The summed E-state index contributed by atoms with van der Waals surface area (Å²) >= 11 is 6.28. The highest BCUT2D eigenvalue weighted by atomic mass is 35.5. The van der Waals surface area contributed by atoms with E-state index in [1.807, 2.05) is 42.6 Å². The molecule has 6 heterocycles. The molecular weight excluding hydrogens is 884 g/mol. The Kier molecular flexibility index (Phi) is 12.0. The Morgan fingerprint density at radius 3 is 2.58 bits per heavy atom. The molecule has 1 aliphatic carbocycles. The maximum absolute atomic E-state index is 14.5. The summed E-state index contributed by atoms with van der Waals surface area (Å²) in [6.45, 7) is 10.7. The normalized spacial score (nSPS) is 22.1. The number of pyridine rings is 1. The number of benzene rings is 3. The quantitative estimate of drug-likeness (QED) is 0.0813. The van der Waals surface area contributed by atoms with Crippen LogP contribution in [0.2, 0.25) is 5.02 Å². The number of aromatic nitrogens is 2. The summed E-state index contributed by atoms with van der Waals surface area (Å²) in [6, 6.07) is 21.0. The number of hydrogen-bond acceptors (Lipinski definition) is 13. The molecule has 3 atom stereocenters. The van der Waals surface area contributed by atoms with Crippen molar-refractivity contribution in [2.24, 2.45) is 5.41 Å². The van der Waals surface area contributed by atoms with Crippen LogP contribution in [-0.4, -0.2) is 112 Å². The van der Waals surface area contributed by atoms with Crippen molar-refractivity contribution in [3.05, 3.63) is 117 Å². The van der Waals surface area contributed by atoms with Crippen molar-refractivity contribution in [1.29, 1.82) is 0 Å². The molecule has 0 radical (unpaired) electrons. The second kappa shape index (κ2) is 17.9. The minimum Gasteiger partial charge on any atom is -0.377 e. The number of carbonyl (C=O) groups excluding carboxylic acids is 1. The van der Waals surface area contributed by atoms with Gasteiger partial charge in [-0.2, -0.15) is 0 Å². The molecule has 1 amide bonds. The van der Waals surface area contributed by atoms with Crippen molar-refractivity contribution >= 4 is 72.6 Å². The standard InChI is InChI=1S/C48H53ClN8O8S/c1-48(2)14-11-32(38(26-48)30-3-5-33(49)6-4-30)28-54-16-18-55(19-17-54)34-7-9-37(41(24-34)56-40-13-20-65-45(40)44-43(56)23-31-12-15-50-46(31)52-44)47(58)53-66(61,62)36-8-10-39(42(25-36)57(59)60)51-27-35-29-63-21-22-64-35/h3-10,12,15,23-25,35,40,45,51H,11,13-14,16-22,26-29H2,1-2H3,(H,50,52)(H,53,58)/t35-,40?,45?/m0/s1. The lowest BCUT2D eigenvalue weighted by molar-refractivity contribution is -0.384. The first-order valence-electron chi connectivity index (χ1n) is 22.6. The molecule has 0 bridgehead atoms. The van der Waals surface area contributed by atoms with Crippen molar-refractivity contribution in [3.8, 4) is 0 Å². The first-order chi connectivity index (χ1) is 31.8. The molecule has 3 fully saturated rings. The minimum absolute atomic E-state index is 0.113. The topological polar surface area (TPSA) is 185 Å². The Bertz CT molecular complexity index is 2820. The maximum atomic E-state index is 14.5. The Hall–Kier alpha value is -5.56. The maximum Gasteiger partial charge on any atom is 0.293 e. The van der Waals surface area contributed by atoms with E-state index >= 15 is 0 Å². The number of aromatic amines is 1. The lowest BCUT2D eigenvalue weighted by atomic mass is 9.72. The highest BCUT2D eigenvalue weighted by Gasteiger charge is 2.46. The number of nitrogens with zero attached hydrogens (tertiary/aromatic N) is 5. The van der Waals surface area contributed by atoms with E-state index in [0.717, 1.165) is 91.2 Å². The number of rotatable bonds is 12. The molecule has 3 saturated heterocycles. The fourth-order valence-corrected chi connectivity index (χ4v) is 11.2. The van der Waals surface area contributed by atoms with E-state index < -0.39 is 31.4 Å². The smallest absolute Gasteiger partial charge is 0.293 e. The van der Waals surface area contributed by atoms with Gasteiger partial charge in [-0.15, -0.1) is 0 Å². The number of H-pyrrole nitrogens is 1. The van der Waals surface area contributed by atoms with E-state index in [-0.39, 0.29) is 41.5 Å². The van der Waals surface area contributed by atoms with E-state index in [0.29, 0.717) is 38.5 Å². The number of hydrogen-bond donors (Lipinski definition) is 3. The predicted molar refractivity (Wildman–Crippen MR) is 253 cm³/mol. The van der Waals surface area contributed by atoms with Crippen LogP contribution in [-0.2, 0) is 24.2 Å². The molecule has 346 valence electrons. The molecule has 2 aromatic heterocycles. The highest BCUT2D eigenvalue weighted by molar-refractivity contribution is 7.90. The molecule has 18 heteroatoms.